The third-order valence-corrected chi connectivity index (χ3v) is 2.77. The van der Waals surface area contributed by atoms with Crippen LogP contribution in [0.3, 0.4) is 0 Å². The van der Waals surface area contributed by atoms with Crippen molar-refractivity contribution in [1.29, 1.82) is 0 Å². The standard InChI is InChI=1S/C11H24N2/c1-2-8-13(9-3-7-12)10-6-11-4-5-11/h11H,2-10,12H2,1H3. The molecule has 1 fully saturated rings. The molecule has 0 radical (unpaired) electrons. The van der Waals surface area contributed by atoms with Crippen LogP contribution in [-0.4, -0.2) is 31.1 Å². The van der Waals surface area contributed by atoms with E-state index in [0.29, 0.717) is 0 Å². The van der Waals surface area contributed by atoms with E-state index in [1.165, 1.54) is 45.3 Å². The Morgan fingerprint density at radius 1 is 1.23 bits per heavy atom. The van der Waals surface area contributed by atoms with E-state index < -0.39 is 0 Å². The highest BCUT2D eigenvalue weighted by molar-refractivity contribution is 4.74. The molecule has 0 bridgehead atoms. The topological polar surface area (TPSA) is 29.3 Å². The molecule has 0 aromatic rings. The summed E-state index contributed by atoms with van der Waals surface area (Å²) < 4.78 is 0. The van der Waals surface area contributed by atoms with Gasteiger partial charge in [0.2, 0.25) is 0 Å². The van der Waals surface area contributed by atoms with Crippen molar-refractivity contribution in [2.24, 2.45) is 11.7 Å². The van der Waals surface area contributed by atoms with Crippen molar-refractivity contribution in [1.82, 2.24) is 4.90 Å². The minimum atomic E-state index is 0.837. The normalized spacial score (nSPS) is 16.8. The molecule has 0 spiro atoms. The summed E-state index contributed by atoms with van der Waals surface area (Å²) in [5.74, 6) is 1.07. The van der Waals surface area contributed by atoms with Gasteiger partial charge in [-0.15, -0.1) is 0 Å². The van der Waals surface area contributed by atoms with Crippen molar-refractivity contribution in [2.75, 3.05) is 26.2 Å². The molecule has 78 valence electrons. The van der Waals surface area contributed by atoms with Crippen LogP contribution in [0.5, 0.6) is 0 Å². The molecule has 0 unspecified atom stereocenters. The predicted molar refractivity (Wildman–Crippen MR) is 57.7 cm³/mol. The Hall–Kier alpha value is -0.0800. The Morgan fingerprint density at radius 2 is 2.00 bits per heavy atom. The molecule has 0 amide bonds. The lowest BCUT2D eigenvalue weighted by molar-refractivity contribution is 0.264. The highest BCUT2D eigenvalue weighted by atomic mass is 15.1. The van der Waals surface area contributed by atoms with Crippen LogP contribution in [-0.2, 0) is 0 Å². The lowest BCUT2D eigenvalue weighted by atomic mass is 10.2. The molecule has 0 aliphatic heterocycles. The van der Waals surface area contributed by atoms with E-state index in [-0.39, 0.29) is 0 Å². The van der Waals surface area contributed by atoms with Gasteiger partial charge in [0.1, 0.15) is 0 Å². The SMILES string of the molecule is CCCN(CCCN)CCC1CC1. The average Bonchev–Trinajstić information content (AvgIpc) is 2.93. The zero-order valence-electron chi connectivity index (χ0n) is 8.97. The first kappa shape index (κ1) is 11.0. The first-order chi connectivity index (χ1) is 6.36. The Morgan fingerprint density at radius 3 is 2.54 bits per heavy atom. The van der Waals surface area contributed by atoms with Gasteiger partial charge >= 0.3 is 0 Å². The first-order valence-corrected chi connectivity index (χ1v) is 5.79. The maximum absolute atomic E-state index is 5.51. The maximum Gasteiger partial charge on any atom is -0.000672 e. The van der Waals surface area contributed by atoms with Crippen molar-refractivity contribution in [3.63, 3.8) is 0 Å². The number of nitrogens with zero attached hydrogens (tertiary/aromatic N) is 1. The summed E-state index contributed by atoms with van der Waals surface area (Å²) in [6.07, 6.45) is 6.82. The van der Waals surface area contributed by atoms with Crippen LogP contribution < -0.4 is 5.73 Å². The fourth-order valence-corrected chi connectivity index (χ4v) is 1.74. The molecule has 1 saturated carbocycles. The molecule has 13 heavy (non-hydrogen) atoms. The average molecular weight is 184 g/mol. The Kier molecular flexibility index (Phi) is 5.40. The summed E-state index contributed by atoms with van der Waals surface area (Å²) in [6, 6.07) is 0. The van der Waals surface area contributed by atoms with Gasteiger partial charge in [-0.3, -0.25) is 0 Å². The minimum absolute atomic E-state index is 0.837. The van der Waals surface area contributed by atoms with E-state index >= 15 is 0 Å². The lowest BCUT2D eigenvalue weighted by Crippen LogP contribution is -2.28. The second-order valence-electron chi connectivity index (χ2n) is 4.22. The van der Waals surface area contributed by atoms with Crippen LogP contribution in [0.15, 0.2) is 0 Å². The fraction of sp³-hybridized carbons (Fsp3) is 1.00. The van der Waals surface area contributed by atoms with E-state index in [2.05, 4.69) is 11.8 Å². The summed E-state index contributed by atoms with van der Waals surface area (Å²) in [4.78, 5) is 2.57. The predicted octanol–water partition coefficient (Wildman–Crippen LogP) is 1.85. The summed E-state index contributed by atoms with van der Waals surface area (Å²) >= 11 is 0. The van der Waals surface area contributed by atoms with E-state index in [0.717, 1.165) is 18.9 Å². The van der Waals surface area contributed by atoms with Crippen molar-refractivity contribution < 1.29 is 0 Å². The van der Waals surface area contributed by atoms with E-state index in [1.807, 2.05) is 0 Å². The molecule has 1 aliphatic carbocycles. The van der Waals surface area contributed by atoms with Gasteiger partial charge in [-0.2, -0.15) is 0 Å². The summed E-state index contributed by atoms with van der Waals surface area (Å²) in [7, 11) is 0. The van der Waals surface area contributed by atoms with Crippen LogP contribution in [0.2, 0.25) is 0 Å². The van der Waals surface area contributed by atoms with E-state index in [9.17, 15) is 0 Å². The summed E-state index contributed by atoms with van der Waals surface area (Å²) in [5.41, 5.74) is 5.51. The smallest absolute Gasteiger partial charge is 0.000672 e. The second-order valence-corrected chi connectivity index (χ2v) is 4.22. The van der Waals surface area contributed by atoms with Gasteiger partial charge in [0.25, 0.3) is 0 Å². The molecule has 1 rings (SSSR count). The fourth-order valence-electron chi connectivity index (χ4n) is 1.74. The van der Waals surface area contributed by atoms with Gasteiger partial charge in [-0.25, -0.2) is 0 Å². The third-order valence-electron chi connectivity index (χ3n) is 2.77. The van der Waals surface area contributed by atoms with E-state index in [4.69, 9.17) is 5.73 Å². The molecule has 2 N–H and O–H groups in total. The van der Waals surface area contributed by atoms with Gasteiger partial charge in [-0.05, 0) is 51.4 Å². The largest absolute Gasteiger partial charge is 0.330 e. The van der Waals surface area contributed by atoms with Gasteiger partial charge < -0.3 is 10.6 Å². The molecular formula is C11H24N2. The Labute approximate surface area is 82.5 Å². The Bertz CT molecular complexity index is 121. The van der Waals surface area contributed by atoms with Crippen molar-refractivity contribution >= 4 is 0 Å². The molecule has 2 heteroatoms. The maximum atomic E-state index is 5.51. The number of hydrogen-bond donors (Lipinski definition) is 1. The molecule has 0 heterocycles. The first-order valence-electron chi connectivity index (χ1n) is 5.79. The summed E-state index contributed by atoms with van der Waals surface area (Å²) in [6.45, 7) is 6.86. The third kappa shape index (κ3) is 5.27. The second kappa shape index (κ2) is 6.39. The van der Waals surface area contributed by atoms with Gasteiger partial charge in [0.05, 0.1) is 0 Å². The number of nitrogens with two attached hydrogens (primary N) is 1. The molecule has 0 atom stereocenters. The van der Waals surface area contributed by atoms with Crippen molar-refractivity contribution in [3.05, 3.63) is 0 Å². The van der Waals surface area contributed by atoms with Gasteiger partial charge in [0.15, 0.2) is 0 Å². The number of rotatable bonds is 8. The number of hydrogen-bond acceptors (Lipinski definition) is 2. The van der Waals surface area contributed by atoms with Gasteiger partial charge in [0, 0.05) is 0 Å². The Balaban J connectivity index is 2.03. The zero-order valence-corrected chi connectivity index (χ0v) is 8.97. The lowest BCUT2D eigenvalue weighted by Gasteiger charge is -2.21. The van der Waals surface area contributed by atoms with Crippen LogP contribution in [0, 0.1) is 5.92 Å². The molecule has 2 nitrogen and oxygen atoms in total. The van der Waals surface area contributed by atoms with Crippen LogP contribution >= 0.6 is 0 Å². The molecule has 0 aromatic heterocycles. The van der Waals surface area contributed by atoms with E-state index in [1.54, 1.807) is 0 Å². The minimum Gasteiger partial charge on any atom is -0.330 e. The highest BCUT2D eigenvalue weighted by Gasteiger charge is 2.21. The zero-order chi connectivity index (χ0) is 9.52. The quantitative estimate of drug-likeness (QED) is 0.624. The van der Waals surface area contributed by atoms with Crippen molar-refractivity contribution in [2.45, 2.75) is 39.0 Å². The summed E-state index contributed by atoms with van der Waals surface area (Å²) in [5, 5.41) is 0. The molecule has 0 saturated heterocycles. The van der Waals surface area contributed by atoms with Crippen LogP contribution in [0.25, 0.3) is 0 Å². The molecular weight excluding hydrogens is 160 g/mol. The van der Waals surface area contributed by atoms with Crippen LogP contribution in [0.1, 0.15) is 39.0 Å². The van der Waals surface area contributed by atoms with Crippen molar-refractivity contribution in [3.8, 4) is 0 Å². The van der Waals surface area contributed by atoms with Crippen LogP contribution in [0.4, 0.5) is 0 Å². The molecule has 0 aromatic carbocycles. The monoisotopic (exact) mass is 184 g/mol. The molecule has 1 aliphatic rings. The highest BCUT2D eigenvalue weighted by Crippen LogP contribution is 2.32. The van der Waals surface area contributed by atoms with Gasteiger partial charge in [-0.1, -0.05) is 19.8 Å².